The molecular formula is C16H13N3O2. The molecule has 0 spiro atoms. The second-order valence-corrected chi connectivity index (χ2v) is 4.73. The highest BCUT2D eigenvalue weighted by Gasteiger charge is 2.23. The average molecular weight is 279 g/mol. The minimum Gasteiger partial charge on any atom is -0.491 e. The van der Waals surface area contributed by atoms with Crippen LogP contribution in [0.5, 0.6) is 5.75 Å². The van der Waals surface area contributed by atoms with Gasteiger partial charge in [0, 0.05) is 12.7 Å². The van der Waals surface area contributed by atoms with Gasteiger partial charge in [-0.3, -0.25) is 4.79 Å². The van der Waals surface area contributed by atoms with Crippen molar-refractivity contribution in [2.45, 2.75) is 6.54 Å². The zero-order valence-corrected chi connectivity index (χ0v) is 11.3. The summed E-state index contributed by atoms with van der Waals surface area (Å²) in [6, 6.07) is 12.8. The predicted molar refractivity (Wildman–Crippen MR) is 75.6 cm³/mol. The van der Waals surface area contributed by atoms with E-state index in [4.69, 9.17) is 10.00 Å². The Kier molecular flexibility index (Phi) is 3.52. The van der Waals surface area contributed by atoms with E-state index in [0.717, 1.165) is 5.56 Å². The number of hydrogen-bond acceptors (Lipinski definition) is 4. The van der Waals surface area contributed by atoms with Crippen LogP contribution in [0.1, 0.15) is 21.6 Å². The normalized spacial score (nSPS) is 13.9. The first-order valence-electron chi connectivity index (χ1n) is 6.64. The number of amides is 1. The number of rotatable bonds is 2. The van der Waals surface area contributed by atoms with Gasteiger partial charge in [0.05, 0.1) is 12.1 Å². The van der Waals surface area contributed by atoms with Crippen molar-refractivity contribution in [3.63, 3.8) is 0 Å². The number of nitrogens with zero attached hydrogens (tertiary/aromatic N) is 3. The lowest BCUT2D eigenvalue weighted by molar-refractivity contribution is 0.0743. The van der Waals surface area contributed by atoms with Crippen LogP contribution in [0.3, 0.4) is 0 Å². The summed E-state index contributed by atoms with van der Waals surface area (Å²) in [6.07, 6.45) is 1.58. The van der Waals surface area contributed by atoms with Crippen molar-refractivity contribution in [3.8, 4) is 11.8 Å². The highest BCUT2D eigenvalue weighted by molar-refractivity contribution is 5.97. The van der Waals surface area contributed by atoms with Crippen LogP contribution in [0.25, 0.3) is 0 Å². The fourth-order valence-electron chi connectivity index (χ4n) is 2.31. The Labute approximate surface area is 122 Å². The molecule has 0 bridgehead atoms. The van der Waals surface area contributed by atoms with Crippen LogP contribution >= 0.6 is 0 Å². The summed E-state index contributed by atoms with van der Waals surface area (Å²) in [5.41, 5.74) is 1.81. The molecule has 2 aromatic rings. The van der Waals surface area contributed by atoms with Gasteiger partial charge in [0.2, 0.25) is 0 Å². The SMILES string of the molecule is N#Cc1cc(CN2CCOc3ccccc3C2=O)ccn1. The van der Waals surface area contributed by atoms with Crippen LogP contribution in [0.15, 0.2) is 42.6 Å². The summed E-state index contributed by atoms with van der Waals surface area (Å²) >= 11 is 0. The van der Waals surface area contributed by atoms with Gasteiger partial charge in [-0.05, 0) is 29.8 Å². The first-order chi connectivity index (χ1) is 10.3. The predicted octanol–water partition coefficient (Wildman–Crippen LogP) is 1.99. The number of benzene rings is 1. The van der Waals surface area contributed by atoms with Crippen molar-refractivity contribution < 1.29 is 9.53 Å². The first kappa shape index (κ1) is 13.1. The molecule has 1 aromatic carbocycles. The summed E-state index contributed by atoms with van der Waals surface area (Å²) < 4.78 is 5.60. The number of carbonyl (C=O) groups excluding carboxylic acids is 1. The number of fused-ring (bicyclic) bond motifs is 1. The molecule has 0 aliphatic carbocycles. The lowest BCUT2D eigenvalue weighted by Gasteiger charge is -2.19. The maximum Gasteiger partial charge on any atom is 0.258 e. The molecule has 21 heavy (non-hydrogen) atoms. The van der Waals surface area contributed by atoms with Crippen LogP contribution in [0.2, 0.25) is 0 Å². The standard InChI is InChI=1S/C16H13N3O2/c17-10-13-9-12(5-6-18-13)11-19-7-8-21-15-4-2-1-3-14(15)16(19)20/h1-6,9H,7-8,11H2. The molecule has 0 N–H and O–H groups in total. The van der Waals surface area contributed by atoms with Crippen molar-refractivity contribution in [2.75, 3.05) is 13.2 Å². The Morgan fingerprint density at radius 3 is 3.05 bits per heavy atom. The number of para-hydroxylation sites is 1. The van der Waals surface area contributed by atoms with Gasteiger partial charge in [0.1, 0.15) is 24.1 Å². The maximum absolute atomic E-state index is 12.6. The van der Waals surface area contributed by atoms with E-state index in [-0.39, 0.29) is 5.91 Å². The van der Waals surface area contributed by atoms with E-state index >= 15 is 0 Å². The largest absolute Gasteiger partial charge is 0.491 e. The first-order valence-corrected chi connectivity index (χ1v) is 6.64. The molecule has 104 valence electrons. The molecule has 2 heterocycles. The number of ether oxygens (including phenoxy) is 1. The lowest BCUT2D eigenvalue weighted by Crippen LogP contribution is -2.31. The molecule has 1 aliphatic rings. The molecule has 1 aromatic heterocycles. The van der Waals surface area contributed by atoms with Crippen LogP contribution in [0.4, 0.5) is 0 Å². The molecule has 0 fully saturated rings. The van der Waals surface area contributed by atoms with Gasteiger partial charge in [0.15, 0.2) is 0 Å². The summed E-state index contributed by atoms with van der Waals surface area (Å²) in [5.74, 6) is 0.566. The zero-order valence-electron chi connectivity index (χ0n) is 11.3. The Hall–Kier alpha value is -2.87. The van der Waals surface area contributed by atoms with E-state index in [1.165, 1.54) is 0 Å². The molecular weight excluding hydrogens is 266 g/mol. The molecule has 1 amide bonds. The van der Waals surface area contributed by atoms with Gasteiger partial charge in [0.25, 0.3) is 5.91 Å². The number of aromatic nitrogens is 1. The van der Waals surface area contributed by atoms with Gasteiger partial charge in [-0.2, -0.15) is 5.26 Å². The Balaban J connectivity index is 1.86. The third kappa shape index (κ3) is 2.70. The highest BCUT2D eigenvalue weighted by Crippen LogP contribution is 2.23. The number of nitriles is 1. The fourth-order valence-corrected chi connectivity index (χ4v) is 2.31. The Morgan fingerprint density at radius 2 is 2.19 bits per heavy atom. The van der Waals surface area contributed by atoms with E-state index in [0.29, 0.717) is 36.7 Å². The molecule has 5 nitrogen and oxygen atoms in total. The summed E-state index contributed by atoms with van der Waals surface area (Å²) in [7, 11) is 0. The van der Waals surface area contributed by atoms with Gasteiger partial charge in [-0.1, -0.05) is 12.1 Å². The fraction of sp³-hybridized carbons (Fsp3) is 0.188. The third-order valence-corrected chi connectivity index (χ3v) is 3.34. The lowest BCUT2D eigenvalue weighted by atomic mass is 10.1. The van der Waals surface area contributed by atoms with Gasteiger partial charge in [-0.25, -0.2) is 4.98 Å². The minimum atomic E-state index is -0.0570. The Morgan fingerprint density at radius 1 is 1.33 bits per heavy atom. The van der Waals surface area contributed by atoms with E-state index < -0.39 is 0 Å². The van der Waals surface area contributed by atoms with Gasteiger partial charge >= 0.3 is 0 Å². The quantitative estimate of drug-likeness (QED) is 0.843. The molecule has 0 saturated heterocycles. The van der Waals surface area contributed by atoms with Gasteiger partial charge < -0.3 is 9.64 Å². The third-order valence-electron chi connectivity index (χ3n) is 3.34. The number of hydrogen-bond donors (Lipinski definition) is 0. The summed E-state index contributed by atoms with van der Waals surface area (Å²) in [5, 5.41) is 8.88. The second-order valence-electron chi connectivity index (χ2n) is 4.73. The van der Waals surface area contributed by atoms with E-state index in [1.807, 2.05) is 24.3 Å². The zero-order chi connectivity index (χ0) is 14.7. The van der Waals surface area contributed by atoms with Crippen LogP contribution < -0.4 is 4.74 Å². The van der Waals surface area contributed by atoms with Gasteiger partial charge in [-0.15, -0.1) is 0 Å². The monoisotopic (exact) mass is 279 g/mol. The molecule has 0 atom stereocenters. The van der Waals surface area contributed by atoms with E-state index in [2.05, 4.69) is 4.98 Å². The van der Waals surface area contributed by atoms with Crippen molar-refractivity contribution >= 4 is 5.91 Å². The molecule has 1 aliphatic heterocycles. The summed E-state index contributed by atoms with van der Waals surface area (Å²) in [6.45, 7) is 1.41. The van der Waals surface area contributed by atoms with Crippen molar-refractivity contribution in [2.24, 2.45) is 0 Å². The van der Waals surface area contributed by atoms with E-state index in [1.54, 1.807) is 29.3 Å². The van der Waals surface area contributed by atoms with Crippen molar-refractivity contribution in [1.29, 1.82) is 5.26 Å². The van der Waals surface area contributed by atoms with E-state index in [9.17, 15) is 4.79 Å². The summed E-state index contributed by atoms with van der Waals surface area (Å²) in [4.78, 5) is 18.2. The Bertz CT molecular complexity index is 721. The second kappa shape index (κ2) is 5.63. The van der Waals surface area contributed by atoms with Crippen molar-refractivity contribution in [1.82, 2.24) is 9.88 Å². The van der Waals surface area contributed by atoms with Crippen LogP contribution in [0, 0.1) is 11.3 Å². The van der Waals surface area contributed by atoms with Crippen LogP contribution in [-0.4, -0.2) is 28.9 Å². The average Bonchev–Trinajstić information content (AvgIpc) is 2.68. The molecule has 0 saturated carbocycles. The smallest absolute Gasteiger partial charge is 0.258 e. The highest BCUT2D eigenvalue weighted by atomic mass is 16.5. The molecule has 0 radical (unpaired) electrons. The number of carbonyl (C=O) groups is 1. The topological polar surface area (TPSA) is 66.2 Å². The molecule has 5 heteroatoms. The number of pyridine rings is 1. The van der Waals surface area contributed by atoms with Crippen molar-refractivity contribution in [3.05, 3.63) is 59.4 Å². The van der Waals surface area contributed by atoms with Crippen LogP contribution in [-0.2, 0) is 6.54 Å². The minimum absolute atomic E-state index is 0.0570. The molecule has 3 rings (SSSR count). The molecule has 0 unspecified atom stereocenters. The maximum atomic E-state index is 12.6.